The molecule has 0 amide bonds. The first-order valence-corrected chi connectivity index (χ1v) is 6.34. The molecule has 17 heavy (non-hydrogen) atoms. The van der Waals surface area contributed by atoms with Crippen molar-refractivity contribution in [2.45, 2.75) is 46.0 Å². The molecule has 1 saturated carbocycles. The Labute approximate surface area is 102 Å². The minimum Gasteiger partial charge on any atom is -0.294 e. The van der Waals surface area contributed by atoms with E-state index < -0.39 is 0 Å². The van der Waals surface area contributed by atoms with Gasteiger partial charge < -0.3 is 0 Å². The highest BCUT2D eigenvalue weighted by Gasteiger charge is 2.35. The summed E-state index contributed by atoms with van der Waals surface area (Å²) in [7, 11) is 0. The Morgan fingerprint density at radius 2 is 1.88 bits per heavy atom. The van der Waals surface area contributed by atoms with Crippen LogP contribution in [0.4, 0.5) is 4.39 Å². The third-order valence-corrected chi connectivity index (χ3v) is 3.94. The Kier molecular flexibility index (Phi) is 3.32. The van der Waals surface area contributed by atoms with Gasteiger partial charge in [-0.3, -0.25) is 4.79 Å². The average molecular weight is 234 g/mol. The molecule has 1 aromatic carbocycles. The van der Waals surface area contributed by atoms with Crippen molar-refractivity contribution in [1.29, 1.82) is 0 Å². The van der Waals surface area contributed by atoms with Crippen LogP contribution in [0.5, 0.6) is 0 Å². The van der Waals surface area contributed by atoms with Crippen molar-refractivity contribution in [3.05, 3.63) is 35.1 Å². The van der Waals surface area contributed by atoms with Crippen molar-refractivity contribution < 1.29 is 9.18 Å². The van der Waals surface area contributed by atoms with E-state index in [4.69, 9.17) is 0 Å². The molecule has 0 aliphatic heterocycles. The first kappa shape index (κ1) is 12.3. The highest BCUT2D eigenvalue weighted by atomic mass is 19.1. The van der Waals surface area contributed by atoms with Crippen LogP contribution in [-0.4, -0.2) is 5.78 Å². The van der Waals surface area contributed by atoms with Gasteiger partial charge in [-0.2, -0.15) is 0 Å². The van der Waals surface area contributed by atoms with Gasteiger partial charge in [-0.05, 0) is 43.5 Å². The number of aryl methyl sites for hydroxylation is 1. The van der Waals surface area contributed by atoms with Crippen molar-refractivity contribution in [3.8, 4) is 0 Å². The first-order chi connectivity index (χ1) is 8.03. The second-order valence-corrected chi connectivity index (χ2v) is 5.41. The van der Waals surface area contributed by atoms with Crippen LogP contribution in [0.25, 0.3) is 0 Å². The van der Waals surface area contributed by atoms with Gasteiger partial charge in [0.25, 0.3) is 0 Å². The fourth-order valence-corrected chi connectivity index (χ4v) is 2.77. The van der Waals surface area contributed by atoms with E-state index in [0.717, 1.165) is 31.2 Å². The Bertz CT molecular complexity index is 431. The van der Waals surface area contributed by atoms with Crippen LogP contribution >= 0.6 is 0 Å². The Hall–Kier alpha value is -1.18. The molecule has 2 heteroatoms. The average Bonchev–Trinajstić information content (AvgIpc) is 2.29. The van der Waals surface area contributed by atoms with Gasteiger partial charge in [0.2, 0.25) is 0 Å². The van der Waals surface area contributed by atoms with Gasteiger partial charge >= 0.3 is 0 Å². The van der Waals surface area contributed by atoms with E-state index in [1.807, 2.05) is 6.92 Å². The third kappa shape index (κ3) is 2.41. The fourth-order valence-electron chi connectivity index (χ4n) is 2.77. The van der Waals surface area contributed by atoms with E-state index in [1.165, 1.54) is 18.6 Å². The maximum Gasteiger partial charge on any atom is 0.168 e. The number of hydrogen-bond acceptors (Lipinski definition) is 1. The van der Waals surface area contributed by atoms with Crippen molar-refractivity contribution >= 4 is 5.78 Å². The number of carbonyl (C=O) groups excluding carboxylic acids is 1. The lowest BCUT2D eigenvalue weighted by Gasteiger charge is -2.32. The molecule has 0 radical (unpaired) electrons. The van der Waals surface area contributed by atoms with Crippen LogP contribution in [0.3, 0.4) is 0 Å². The van der Waals surface area contributed by atoms with Crippen LogP contribution in [-0.2, 0) is 0 Å². The molecule has 0 N–H and O–H groups in total. The van der Waals surface area contributed by atoms with E-state index >= 15 is 0 Å². The molecule has 0 unspecified atom stereocenters. The van der Waals surface area contributed by atoms with Gasteiger partial charge in [-0.15, -0.1) is 0 Å². The van der Waals surface area contributed by atoms with Crippen LogP contribution in [0.2, 0.25) is 0 Å². The second-order valence-electron chi connectivity index (χ2n) is 5.41. The number of hydrogen-bond donors (Lipinski definition) is 0. The van der Waals surface area contributed by atoms with Gasteiger partial charge in [0, 0.05) is 11.0 Å². The largest absolute Gasteiger partial charge is 0.294 e. The zero-order chi connectivity index (χ0) is 12.5. The summed E-state index contributed by atoms with van der Waals surface area (Å²) in [6.07, 6.45) is 5.40. The predicted molar refractivity (Wildman–Crippen MR) is 66.7 cm³/mol. The van der Waals surface area contributed by atoms with E-state index in [9.17, 15) is 9.18 Å². The van der Waals surface area contributed by atoms with Gasteiger partial charge in [0.05, 0.1) is 0 Å². The fraction of sp³-hybridized carbons (Fsp3) is 0.533. The molecule has 1 aliphatic carbocycles. The molecule has 1 aliphatic rings. The monoisotopic (exact) mass is 234 g/mol. The third-order valence-electron chi connectivity index (χ3n) is 3.94. The predicted octanol–water partition coefficient (Wildman–Crippen LogP) is 4.29. The molecule has 1 nitrogen and oxygen atoms in total. The summed E-state index contributed by atoms with van der Waals surface area (Å²) in [4.78, 5) is 12.5. The quantitative estimate of drug-likeness (QED) is 0.698. The zero-order valence-corrected chi connectivity index (χ0v) is 10.6. The second kappa shape index (κ2) is 4.59. The molecule has 92 valence electrons. The summed E-state index contributed by atoms with van der Waals surface area (Å²) in [5.41, 5.74) is 1.21. The Morgan fingerprint density at radius 3 is 2.47 bits per heavy atom. The van der Waals surface area contributed by atoms with Gasteiger partial charge in [0.15, 0.2) is 5.78 Å². The number of carbonyl (C=O) groups is 1. The Balaban J connectivity index is 2.30. The summed E-state index contributed by atoms with van der Waals surface area (Å²) < 4.78 is 13.0. The summed E-state index contributed by atoms with van der Waals surface area (Å²) in [6.45, 7) is 3.86. The topological polar surface area (TPSA) is 17.1 Å². The number of rotatable bonds is 2. The number of halogens is 1. The van der Waals surface area contributed by atoms with Crippen molar-refractivity contribution in [2.75, 3.05) is 0 Å². The molecule has 0 saturated heterocycles. The normalized spacial score (nSPS) is 19.0. The van der Waals surface area contributed by atoms with Crippen LogP contribution in [0.15, 0.2) is 18.2 Å². The van der Waals surface area contributed by atoms with Gasteiger partial charge in [-0.1, -0.05) is 26.2 Å². The zero-order valence-electron chi connectivity index (χ0n) is 10.6. The van der Waals surface area contributed by atoms with Crippen molar-refractivity contribution in [2.24, 2.45) is 5.41 Å². The lowest BCUT2D eigenvalue weighted by Crippen LogP contribution is -2.30. The number of ketones is 1. The smallest absolute Gasteiger partial charge is 0.168 e. The van der Waals surface area contributed by atoms with E-state index in [-0.39, 0.29) is 17.0 Å². The summed E-state index contributed by atoms with van der Waals surface area (Å²) in [6, 6.07) is 4.46. The standard InChI is InChI=1S/C15H19FO/c1-11-10-12(16)6-7-13(11)14(17)15(2)8-4-3-5-9-15/h6-7,10H,3-5,8-9H2,1-2H3. The Morgan fingerprint density at radius 1 is 1.24 bits per heavy atom. The van der Waals surface area contributed by atoms with Crippen LogP contribution in [0, 0.1) is 18.2 Å². The molecule has 0 spiro atoms. The van der Waals surface area contributed by atoms with E-state index in [1.54, 1.807) is 6.07 Å². The van der Waals surface area contributed by atoms with Gasteiger partial charge in [-0.25, -0.2) is 4.39 Å². The molecule has 0 heterocycles. The minimum absolute atomic E-state index is 0.190. The van der Waals surface area contributed by atoms with Crippen LogP contribution in [0.1, 0.15) is 54.9 Å². The summed E-state index contributed by atoms with van der Waals surface area (Å²) in [5, 5.41) is 0. The minimum atomic E-state index is -0.271. The summed E-state index contributed by atoms with van der Waals surface area (Å²) >= 11 is 0. The number of benzene rings is 1. The van der Waals surface area contributed by atoms with Crippen molar-refractivity contribution in [3.63, 3.8) is 0 Å². The molecule has 0 atom stereocenters. The lowest BCUT2D eigenvalue weighted by molar-refractivity contribution is 0.0749. The molecule has 0 aromatic heterocycles. The molecule has 1 aromatic rings. The van der Waals surface area contributed by atoms with Crippen LogP contribution < -0.4 is 0 Å². The van der Waals surface area contributed by atoms with Crippen molar-refractivity contribution in [1.82, 2.24) is 0 Å². The van der Waals surface area contributed by atoms with E-state index in [0.29, 0.717) is 5.56 Å². The highest BCUT2D eigenvalue weighted by molar-refractivity contribution is 6.01. The lowest BCUT2D eigenvalue weighted by atomic mass is 9.70. The van der Waals surface area contributed by atoms with Gasteiger partial charge in [0.1, 0.15) is 5.82 Å². The molecule has 0 bridgehead atoms. The maximum atomic E-state index is 13.0. The number of Topliss-reactive ketones (excluding diaryl/α,β-unsaturated/α-hetero) is 1. The summed E-state index contributed by atoms with van der Waals surface area (Å²) in [5.74, 6) is -0.0810. The molecular weight excluding hydrogens is 215 g/mol. The maximum absolute atomic E-state index is 13.0. The molecule has 2 rings (SSSR count). The highest BCUT2D eigenvalue weighted by Crippen LogP contribution is 2.39. The van der Waals surface area contributed by atoms with E-state index in [2.05, 4.69) is 6.92 Å². The first-order valence-electron chi connectivity index (χ1n) is 6.34. The SMILES string of the molecule is Cc1cc(F)ccc1C(=O)C1(C)CCCCC1. The molecule has 1 fully saturated rings. The molecular formula is C15H19FO.